The largest absolute Gasteiger partial charge is 0.311 e. The summed E-state index contributed by atoms with van der Waals surface area (Å²) in [5.41, 5.74) is 2.96. The van der Waals surface area contributed by atoms with Gasteiger partial charge in [-0.2, -0.15) is 10.2 Å². The first-order valence-electron chi connectivity index (χ1n) is 7.16. The van der Waals surface area contributed by atoms with Crippen LogP contribution >= 0.6 is 0 Å². The fraction of sp³-hybridized carbons (Fsp3) is 0.533. The Morgan fingerprint density at radius 1 is 1.33 bits per heavy atom. The molecule has 21 heavy (non-hydrogen) atoms. The molecule has 1 aliphatic heterocycles. The number of aromatic nitrogens is 4. The van der Waals surface area contributed by atoms with E-state index in [-0.39, 0.29) is 17.4 Å². The molecule has 2 aromatic rings. The highest BCUT2D eigenvalue weighted by atomic mass is 16.1. The number of amides is 1. The lowest BCUT2D eigenvalue weighted by Gasteiger charge is -2.27. The van der Waals surface area contributed by atoms with Crippen LogP contribution in [0.5, 0.6) is 0 Å². The highest BCUT2D eigenvalue weighted by molar-refractivity contribution is 5.94. The predicted molar refractivity (Wildman–Crippen MR) is 80.3 cm³/mol. The zero-order chi connectivity index (χ0) is 15.4. The fourth-order valence-corrected chi connectivity index (χ4v) is 2.97. The Kier molecular flexibility index (Phi) is 2.93. The Labute approximate surface area is 124 Å². The smallest absolute Gasteiger partial charge is 0.226 e. The average Bonchev–Trinajstić information content (AvgIpc) is 2.90. The van der Waals surface area contributed by atoms with Gasteiger partial charge in [-0.05, 0) is 27.7 Å². The minimum absolute atomic E-state index is 0.0264. The number of rotatable bonds is 1. The van der Waals surface area contributed by atoms with Crippen molar-refractivity contribution in [2.45, 2.75) is 45.6 Å². The lowest BCUT2D eigenvalue weighted by molar-refractivity contribution is -0.116. The maximum atomic E-state index is 12.1. The Morgan fingerprint density at radius 3 is 2.62 bits per heavy atom. The second-order valence-corrected chi connectivity index (χ2v) is 6.68. The molecular formula is C15H21N5O. The van der Waals surface area contributed by atoms with Gasteiger partial charge in [0, 0.05) is 36.7 Å². The summed E-state index contributed by atoms with van der Waals surface area (Å²) in [6.07, 6.45) is 4.31. The third kappa shape index (κ3) is 2.24. The van der Waals surface area contributed by atoms with Crippen molar-refractivity contribution in [1.29, 1.82) is 0 Å². The maximum Gasteiger partial charge on any atom is 0.226 e. The van der Waals surface area contributed by atoms with Crippen molar-refractivity contribution in [3.63, 3.8) is 0 Å². The monoisotopic (exact) mass is 287 g/mol. The van der Waals surface area contributed by atoms with Crippen molar-refractivity contribution >= 4 is 11.7 Å². The number of nitrogens with one attached hydrogen (secondary N) is 1. The summed E-state index contributed by atoms with van der Waals surface area (Å²) in [4.78, 5) is 12.1. The lowest BCUT2D eigenvalue weighted by Crippen LogP contribution is -2.30. The number of fused-ring (bicyclic) bond motifs is 1. The first kappa shape index (κ1) is 13.9. The third-order valence-corrected chi connectivity index (χ3v) is 3.88. The van der Waals surface area contributed by atoms with Gasteiger partial charge >= 0.3 is 0 Å². The van der Waals surface area contributed by atoms with Crippen molar-refractivity contribution in [3.05, 3.63) is 29.2 Å². The van der Waals surface area contributed by atoms with E-state index in [9.17, 15) is 4.79 Å². The maximum absolute atomic E-state index is 12.1. The highest BCUT2D eigenvalue weighted by Gasteiger charge is 2.33. The Bertz CT molecular complexity index is 704. The number of hydrogen-bond donors (Lipinski definition) is 1. The fourth-order valence-electron chi connectivity index (χ4n) is 2.97. The van der Waals surface area contributed by atoms with E-state index in [1.165, 1.54) is 0 Å². The number of anilines is 1. The minimum Gasteiger partial charge on any atom is -0.311 e. The first-order valence-corrected chi connectivity index (χ1v) is 7.16. The lowest BCUT2D eigenvalue weighted by atomic mass is 9.87. The van der Waals surface area contributed by atoms with Gasteiger partial charge in [0.05, 0.1) is 17.4 Å². The molecule has 0 spiro atoms. The standard InChI is InChI=1S/C15H21N5O/c1-9-12(8-19(5)18-9)10-6-13(21)17-14-11(10)7-16-20(14)15(2,3)4/h7-8,10H,6H2,1-5H3,(H,17,21). The Balaban J connectivity index is 2.13. The molecule has 0 saturated heterocycles. The van der Waals surface area contributed by atoms with E-state index in [1.807, 2.05) is 31.0 Å². The summed E-state index contributed by atoms with van der Waals surface area (Å²) < 4.78 is 3.68. The van der Waals surface area contributed by atoms with Crippen LogP contribution in [0.3, 0.4) is 0 Å². The zero-order valence-electron chi connectivity index (χ0n) is 13.1. The molecule has 1 N–H and O–H groups in total. The van der Waals surface area contributed by atoms with Gasteiger partial charge in [0.2, 0.25) is 5.91 Å². The molecule has 112 valence electrons. The van der Waals surface area contributed by atoms with Gasteiger partial charge in [0.25, 0.3) is 0 Å². The van der Waals surface area contributed by atoms with Crippen LogP contribution in [0.25, 0.3) is 0 Å². The van der Waals surface area contributed by atoms with E-state index < -0.39 is 0 Å². The van der Waals surface area contributed by atoms with Crippen LogP contribution in [-0.2, 0) is 17.4 Å². The number of carbonyl (C=O) groups is 1. The van der Waals surface area contributed by atoms with Gasteiger partial charge in [-0.15, -0.1) is 0 Å². The van der Waals surface area contributed by atoms with Crippen LogP contribution < -0.4 is 5.32 Å². The average molecular weight is 287 g/mol. The van der Waals surface area contributed by atoms with E-state index in [1.54, 1.807) is 4.68 Å². The van der Waals surface area contributed by atoms with Crippen LogP contribution in [-0.4, -0.2) is 25.5 Å². The molecule has 6 heteroatoms. The molecule has 1 amide bonds. The van der Waals surface area contributed by atoms with E-state index in [0.29, 0.717) is 6.42 Å². The summed E-state index contributed by atoms with van der Waals surface area (Å²) in [6, 6.07) is 0. The van der Waals surface area contributed by atoms with Gasteiger partial charge in [0.15, 0.2) is 0 Å². The number of aryl methyl sites for hydroxylation is 2. The van der Waals surface area contributed by atoms with Crippen LogP contribution in [0.15, 0.2) is 12.4 Å². The molecular weight excluding hydrogens is 266 g/mol. The molecule has 6 nitrogen and oxygen atoms in total. The van der Waals surface area contributed by atoms with Crippen LogP contribution in [0.1, 0.15) is 49.9 Å². The number of hydrogen-bond acceptors (Lipinski definition) is 3. The zero-order valence-corrected chi connectivity index (χ0v) is 13.1. The molecule has 1 unspecified atom stereocenters. The topological polar surface area (TPSA) is 64.7 Å². The summed E-state index contributed by atoms with van der Waals surface area (Å²) in [5, 5.41) is 11.9. The summed E-state index contributed by atoms with van der Waals surface area (Å²) >= 11 is 0. The summed E-state index contributed by atoms with van der Waals surface area (Å²) in [6.45, 7) is 8.21. The van der Waals surface area contributed by atoms with Gasteiger partial charge in [0.1, 0.15) is 5.82 Å². The van der Waals surface area contributed by atoms with Crippen LogP contribution in [0.4, 0.5) is 5.82 Å². The quantitative estimate of drug-likeness (QED) is 0.874. The van der Waals surface area contributed by atoms with Crippen molar-refractivity contribution in [1.82, 2.24) is 19.6 Å². The van der Waals surface area contributed by atoms with Crippen LogP contribution in [0, 0.1) is 6.92 Å². The highest BCUT2D eigenvalue weighted by Crippen LogP contribution is 2.39. The molecule has 1 aliphatic rings. The molecule has 0 aliphatic carbocycles. The summed E-state index contributed by atoms with van der Waals surface area (Å²) in [5.74, 6) is 0.868. The summed E-state index contributed by atoms with van der Waals surface area (Å²) in [7, 11) is 1.90. The second kappa shape index (κ2) is 4.44. The van der Waals surface area contributed by atoms with Gasteiger partial charge in [-0.25, -0.2) is 4.68 Å². The van der Waals surface area contributed by atoms with Crippen LogP contribution in [0.2, 0.25) is 0 Å². The second-order valence-electron chi connectivity index (χ2n) is 6.68. The van der Waals surface area contributed by atoms with E-state index in [2.05, 4.69) is 36.3 Å². The molecule has 0 bridgehead atoms. The molecule has 0 saturated carbocycles. The molecule has 2 aromatic heterocycles. The number of nitrogens with zero attached hydrogens (tertiary/aromatic N) is 4. The SMILES string of the molecule is Cc1nn(C)cc1C1CC(=O)Nc2c1cnn2C(C)(C)C. The van der Waals surface area contributed by atoms with E-state index in [4.69, 9.17) is 0 Å². The molecule has 1 atom stereocenters. The van der Waals surface area contributed by atoms with E-state index >= 15 is 0 Å². The van der Waals surface area contributed by atoms with Crippen molar-refractivity contribution < 1.29 is 4.79 Å². The van der Waals surface area contributed by atoms with Crippen molar-refractivity contribution in [2.24, 2.45) is 7.05 Å². The molecule has 3 heterocycles. The normalized spacial score (nSPS) is 18.5. The van der Waals surface area contributed by atoms with Gasteiger partial charge < -0.3 is 5.32 Å². The first-order chi connectivity index (χ1) is 9.77. The number of carbonyl (C=O) groups excluding carboxylic acids is 1. The molecule has 0 radical (unpaired) electrons. The third-order valence-electron chi connectivity index (χ3n) is 3.88. The van der Waals surface area contributed by atoms with E-state index in [0.717, 1.165) is 22.6 Å². The Hall–Kier alpha value is -2.11. The Morgan fingerprint density at radius 2 is 2.05 bits per heavy atom. The molecule has 0 fully saturated rings. The predicted octanol–water partition coefficient (Wildman–Crippen LogP) is 2.15. The minimum atomic E-state index is -0.174. The molecule has 3 rings (SSSR count). The van der Waals surface area contributed by atoms with Gasteiger partial charge in [-0.3, -0.25) is 9.48 Å². The molecule has 0 aromatic carbocycles. The van der Waals surface area contributed by atoms with Gasteiger partial charge in [-0.1, -0.05) is 0 Å². The van der Waals surface area contributed by atoms with Crippen molar-refractivity contribution in [2.75, 3.05) is 5.32 Å². The van der Waals surface area contributed by atoms with Crippen molar-refractivity contribution in [3.8, 4) is 0 Å².